The number of hydrogen-bond acceptors (Lipinski definition) is 5. The number of carbonyl (C=O) groups excluding carboxylic acids is 2. The average molecular weight is 323 g/mol. The second kappa shape index (κ2) is 5.79. The predicted molar refractivity (Wildman–Crippen MR) is 80.5 cm³/mol. The number of rotatable bonds is 3. The molecule has 0 radical (unpaired) electrons. The predicted octanol–water partition coefficient (Wildman–Crippen LogP) is 2.18. The van der Waals surface area contributed by atoms with Crippen LogP contribution < -0.4 is 10.2 Å². The number of nitrogens with one attached hydrogen (secondary N) is 1. The van der Waals surface area contributed by atoms with Crippen molar-refractivity contribution in [3.63, 3.8) is 0 Å². The summed E-state index contributed by atoms with van der Waals surface area (Å²) in [6, 6.07) is 7.10. The van der Waals surface area contributed by atoms with Crippen LogP contribution in [0.4, 0.5) is 11.5 Å². The molecule has 2 aromatic rings. The van der Waals surface area contributed by atoms with E-state index in [1.807, 2.05) is 6.07 Å². The molecule has 0 aliphatic carbocycles. The van der Waals surface area contributed by atoms with Crippen LogP contribution in [0.25, 0.3) is 0 Å². The van der Waals surface area contributed by atoms with Gasteiger partial charge in [0, 0.05) is 13.0 Å². The smallest absolute Gasteiger partial charge is 0.231 e. The molecular formula is C13H11ClN4O2S. The van der Waals surface area contributed by atoms with E-state index in [2.05, 4.69) is 14.1 Å². The first-order valence-electron chi connectivity index (χ1n) is 6.28. The van der Waals surface area contributed by atoms with Gasteiger partial charge < -0.3 is 10.2 Å². The molecule has 108 valence electrons. The zero-order valence-corrected chi connectivity index (χ0v) is 12.4. The molecule has 21 heavy (non-hydrogen) atoms. The standard InChI is InChI=1S/C13H11ClN4O2S/c14-9-3-1-2-4-10(9)18-7-8(5-12(18)19)13(20)16-11-6-15-21-17-11/h1-4,6,8H,5,7H2,(H,16,17,20)/t8-/m0/s1. The zero-order valence-electron chi connectivity index (χ0n) is 10.8. The van der Waals surface area contributed by atoms with Crippen molar-refractivity contribution in [2.24, 2.45) is 5.92 Å². The Morgan fingerprint density at radius 2 is 2.24 bits per heavy atom. The summed E-state index contributed by atoms with van der Waals surface area (Å²) in [7, 11) is 0. The molecule has 1 aromatic heterocycles. The van der Waals surface area contributed by atoms with Gasteiger partial charge >= 0.3 is 0 Å². The van der Waals surface area contributed by atoms with E-state index in [0.29, 0.717) is 23.1 Å². The third-order valence-electron chi connectivity index (χ3n) is 3.25. The van der Waals surface area contributed by atoms with Gasteiger partial charge in [-0.2, -0.15) is 8.75 Å². The number of hydrogen-bond donors (Lipinski definition) is 1. The molecule has 1 aromatic carbocycles. The lowest BCUT2D eigenvalue weighted by atomic mass is 10.1. The van der Waals surface area contributed by atoms with Crippen molar-refractivity contribution in [2.75, 3.05) is 16.8 Å². The molecule has 0 unspecified atom stereocenters. The summed E-state index contributed by atoms with van der Waals surface area (Å²) in [5.74, 6) is -0.352. The molecular weight excluding hydrogens is 312 g/mol. The number of aromatic nitrogens is 2. The second-order valence-electron chi connectivity index (χ2n) is 4.64. The molecule has 6 nitrogen and oxygen atoms in total. The van der Waals surface area contributed by atoms with Crippen LogP contribution in [0.15, 0.2) is 30.5 Å². The molecule has 2 amide bonds. The van der Waals surface area contributed by atoms with Gasteiger partial charge in [0.05, 0.1) is 34.6 Å². The fraction of sp³-hybridized carbons (Fsp3) is 0.231. The number of benzene rings is 1. The highest BCUT2D eigenvalue weighted by molar-refractivity contribution is 6.99. The molecule has 3 rings (SSSR count). The van der Waals surface area contributed by atoms with Crippen LogP contribution in [0.2, 0.25) is 5.02 Å². The minimum atomic E-state index is -0.421. The first-order valence-corrected chi connectivity index (χ1v) is 7.39. The van der Waals surface area contributed by atoms with Gasteiger partial charge in [-0.1, -0.05) is 23.7 Å². The normalized spacial score (nSPS) is 18.0. The van der Waals surface area contributed by atoms with Crippen molar-refractivity contribution in [1.82, 2.24) is 8.75 Å². The Bertz CT molecular complexity index is 677. The monoisotopic (exact) mass is 322 g/mol. The Balaban J connectivity index is 1.73. The summed E-state index contributed by atoms with van der Waals surface area (Å²) >= 11 is 7.12. The fourth-order valence-electron chi connectivity index (χ4n) is 2.23. The van der Waals surface area contributed by atoms with Crippen LogP contribution in [-0.4, -0.2) is 27.1 Å². The van der Waals surface area contributed by atoms with E-state index in [1.165, 1.54) is 6.20 Å². The van der Waals surface area contributed by atoms with E-state index >= 15 is 0 Å². The maximum Gasteiger partial charge on any atom is 0.231 e. The van der Waals surface area contributed by atoms with E-state index in [9.17, 15) is 9.59 Å². The number of nitrogens with zero attached hydrogens (tertiary/aromatic N) is 3. The number of anilines is 2. The van der Waals surface area contributed by atoms with Crippen LogP contribution in [0.5, 0.6) is 0 Å². The average Bonchev–Trinajstić information content (AvgIpc) is 3.09. The lowest BCUT2D eigenvalue weighted by Gasteiger charge is -2.17. The number of amides is 2. The first kappa shape index (κ1) is 14.0. The lowest BCUT2D eigenvalue weighted by Crippen LogP contribution is -2.28. The van der Waals surface area contributed by atoms with Crippen LogP contribution >= 0.6 is 23.3 Å². The van der Waals surface area contributed by atoms with Gasteiger partial charge in [-0.25, -0.2) is 0 Å². The fourth-order valence-corrected chi connectivity index (χ4v) is 2.85. The lowest BCUT2D eigenvalue weighted by molar-refractivity contribution is -0.122. The van der Waals surface area contributed by atoms with Gasteiger partial charge in [0.15, 0.2) is 5.82 Å². The van der Waals surface area contributed by atoms with Crippen molar-refractivity contribution >= 4 is 46.6 Å². The van der Waals surface area contributed by atoms with Crippen molar-refractivity contribution in [3.8, 4) is 0 Å². The summed E-state index contributed by atoms with van der Waals surface area (Å²) in [6.07, 6.45) is 1.64. The van der Waals surface area contributed by atoms with Crippen molar-refractivity contribution in [3.05, 3.63) is 35.5 Å². The van der Waals surface area contributed by atoms with Gasteiger partial charge in [0.25, 0.3) is 0 Å². The van der Waals surface area contributed by atoms with Crippen molar-refractivity contribution < 1.29 is 9.59 Å². The Morgan fingerprint density at radius 1 is 1.43 bits per heavy atom. The summed E-state index contributed by atoms with van der Waals surface area (Å²) in [5, 5.41) is 3.15. The van der Waals surface area contributed by atoms with Crippen LogP contribution in [0.1, 0.15) is 6.42 Å². The number of carbonyl (C=O) groups is 2. The molecule has 1 saturated heterocycles. The molecule has 1 aliphatic heterocycles. The molecule has 1 N–H and O–H groups in total. The third-order valence-corrected chi connectivity index (χ3v) is 4.05. The van der Waals surface area contributed by atoms with Crippen molar-refractivity contribution in [2.45, 2.75) is 6.42 Å². The van der Waals surface area contributed by atoms with Gasteiger partial charge in [0.1, 0.15) is 0 Å². The summed E-state index contributed by atoms with van der Waals surface area (Å²) in [4.78, 5) is 25.8. The van der Waals surface area contributed by atoms with Crippen LogP contribution in [0, 0.1) is 5.92 Å². The maximum absolute atomic E-state index is 12.1. The van der Waals surface area contributed by atoms with Gasteiger partial charge in [-0.3, -0.25) is 9.59 Å². The summed E-state index contributed by atoms with van der Waals surface area (Å²) < 4.78 is 7.73. The zero-order chi connectivity index (χ0) is 14.8. The van der Waals surface area contributed by atoms with Gasteiger partial charge in [0.2, 0.25) is 11.8 Å². The molecule has 0 spiro atoms. The van der Waals surface area contributed by atoms with Crippen molar-refractivity contribution in [1.29, 1.82) is 0 Å². The van der Waals surface area contributed by atoms with E-state index in [-0.39, 0.29) is 18.2 Å². The molecule has 1 atom stereocenters. The van der Waals surface area contributed by atoms with E-state index in [4.69, 9.17) is 11.6 Å². The molecule has 8 heteroatoms. The van der Waals surface area contributed by atoms with Crippen LogP contribution in [-0.2, 0) is 9.59 Å². The van der Waals surface area contributed by atoms with E-state index in [0.717, 1.165) is 11.7 Å². The number of para-hydroxylation sites is 1. The molecule has 2 heterocycles. The minimum absolute atomic E-state index is 0.111. The third kappa shape index (κ3) is 2.88. The molecule has 0 saturated carbocycles. The van der Waals surface area contributed by atoms with E-state index < -0.39 is 5.92 Å². The topological polar surface area (TPSA) is 75.2 Å². The molecule has 1 aliphatic rings. The first-order chi connectivity index (χ1) is 10.1. The second-order valence-corrected chi connectivity index (χ2v) is 5.60. The van der Waals surface area contributed by atoms with E-state index in [1.54, 1.807) is 23.1 Å². The highest BCUT2D eigenvalue weighted by Gasteiger charge is 2.36. The number of halogens is 1. The Labute approximate surface area is 130 Å². The molecule has 0 bridgehead atoms. The quantitative estimate of drug-likeness (QED) is 0.939. The maximum atomic E-state index is 12.1. The highest BCUT2D eigenvalue weighted by Crippen LogP contribution is 2.31. The summed E-state index contributed by atoms with van der Waals surface area (Å²) in [6.45, 7) is 0.311. The Morgan fingerprint density at radius 3 is 2.95 bits per heavy atom. The largest absolute Gasteiger partial charge is 0.310 e. The van der Waals surface area contributed by atoms with Gasteiger partial charge in [-0.15, -0.1) is 0 Å². The van der Waals surface area contributed by atoms with Crippen LogP contribution in [0.3, 0.4) is 0 Å². The van der Waals surface area contributed by atoms with Gasteiger partial charge in [-0.05, 0) is 12.1 Å². The Kier molecular flexibility index (Phi) is 3.85. The summed E-state index contributed by atoms with van der Waals surface area (Å²) in [5.41, 5.74) is 0.634. The SMILES string of the molecule is O=C(Nc1cnsn1)[C@H]1CC(=O)N(c2ccccc2Cl)C1. The molecule has 1 fully saturated rings. The highest BCUT2D eigenvalue weighted by atomic mass is 35.5. The Hall–Kier alpha value is -1.99. The minimum Gasteiger partial charge on any atom is -0.310 e.